The van der Waals surface area contributed by atoms with Crippen molar-refractivity contribution in [1.29, 1.82) is 0 Å². The van der Waals surface area contributed by atoms with Gasteiger partial charge in [-0.05, 0) is 79.6 Å². The van der Waals surface area contributed by atoms with Gasteiger partial charge in [0.15, 0.2) is 0 Å². The minimum atomic E-state index is 0.474. The predicted molar refractivity (Wildman–Crippen MR) is 130 cm³/mol. The highest BCUT2D eigenvalue weighted by Gasteiger charge is 2.20. The summed E-state index contributed by atoms with van der Waals surface area (Å²) in [4.78, 5) is 2.56. The molecule has 1 N–H and O–H groups in total. The molecule has 3 aromatic rings. The molecule has 0 amide bonds. The number of nitrogens with zero attached hydrogens (tertiary/aromatic N) is 1. The molecule has 1 heterocycles. The average Bonchev–Trinajstić information content (AvgIpc) is 2.85. The summed E-state index contributed by atoms with van der Waals surface area (Å²) in [7, 11) is 0. The monoisotopic (exact) mass is 411 g/mol. The number of aromatic hydroxyl groups is 1. The van der Waals surface area contributed by atoms with Crippen molar-refractivity contribution in [3.05, 3.63) is 89.5 Å². The van der Waals surface area contributed by atoms with Crippen LogP contribution in [0.2, 0.25) is 0 Å². The number of rotatable bonds is 5. The van der Waals surface area contributed by atoms with Crippen LogP contribution in [-0.2, 0) is 6.42 Å². The number of fused-ring (bicyclic) bond motifs is 1. The number of likely N-dealkylation sites (tertiary alicyclic amines) is 1. The number of benzene rings is 3. The van der Waals surface area contributed by atoms with Gasteiger partial charge in [-0.25, -0.2) is 0 Å². The highest BCUT2D eigenvalue weighted by Crippen LogP contribution is 2.34. The second-order valence-electron chi connectivity index (χ2n) is 9.30. The minimum Gasteiger partial charge on any atom is -0.507 e. The maximum absolute atomic E-state index is 10.9. The van der Waals surface area contributed by atoms with Gasteiger partial charge >= 0.3 is 0 Å². The number of piperidine rings is 1. The third-order valence-corrected chi connectivity index (χ3v) is 7.34. The van der Waals surface area contributed by atoms with Crippen LogP contribution in [0.1, 0.15) is 60.6 Å². The van der Waals surface area contributed by atoms with E-state index in [9.17, 15) is 5.11 Å². The highest BCUT2D eigenvalue weighted by atomic mass is 16.3. The molecule has 2 heteroatoms. The van der Waals surface area contributed by atoms with Crippen LogP contribution in [0.15, 0.2) is 72.8 Å². The average molecular weight is 412 g/mol. The molecule has 0 aromatic heterocycles. The molecule has 0 spiro atoms. The molecule has 1 saturated heterocycles. The maximum atomic E-state index is 10.9. The minimum absolute atomic E-state index is 0.474. The smallest absolute Gasteiger partial charge is 0.126 e. The van der Waals surface area contributed by atoms with Gasteiger partial charge in [-0.15, -0.1) is 0 Å². The summed E-state index contributed by atoms with van der Waals surface area (Å²) in [5.74, 6) is 1.70. The fourth-order valence-electron chi connectivity index (χ4n) is 5.39. The fourth-order valence-corrected chi connectivity index (χ4v) is 5.39. The van der Waals surface area contributed by atoms with Crippen LogP contribution in [0, 0.1) is 0 Å². The molecular formula is C29H33NO. The van der Waals surface area contributed by atoms with E-state index in [2.05, 4.69) is 77.7 Å². The summed E-state index contributed by atoms with van der Waals surface area (Å²) >= 11 is 0. The first-order valence-electron chi connectivity index (χ1n) is 12.0. The molecule has 3 aromatic carbocycles. The van der Waals surface area contributed by atoms with E-state index in [0.717, 1.165) is 42.4 Å². The van der Waals surface area contributed by atoms with Crippen molar-refractivity contribution in [2.24, 2.45) is 0 Å². The highest BCUT2D eigenvalue weighted by molar-refractivity contribution is 5.90. The molecular weight excluding hydrogens is 378 g/mol. The number of hydrogen-bond donors (Lipinski definition) is 1. The normalized spacial score (nSPS) is 20.3. The lowest BCUT2D eigenvalue weighted by Crippen LogP contribution is -2.34. The van der Waals surface area contributed by atoms with Gasteiger partial charge in [0.25, 0.3) is 0 Å². The van der Waals surface area contributed by atoms with Gasteiger partial charge in [0.05, 0.1) is 0 Å². The quantitative estimate of drug-likeness (QED) is 0.467. The van der Waals surface area contributed by atoms with Crippen LogP contribution in [0.3, 0.4) is 0 Å². The summed E-state index contributed by atoms with van der Waals surface area (Å²) < 4.78 is 0. The first-order valence-corrected chi connectivity index (χ1v) is 12.0. The van der Waals surface area contributed by atoms with Gasteiger partial charge in [0, 0.05) is 17.8 Å². The van der Waals surface area contributed by atoms with E-state index in [0.29, 0.717) is 17.6 Å². The Balaban J connectivity index is 1.22. The molecule has 160 valence electrons. The number of allylic oxidation sites excluding steroid dienone is 2. The van der Waals surface area contributed by atoms with Gasteiger partial charge in [-0.3, -0.25) is 0 Å². The lowest BCUT2D eigenvalue weighted by atomic mass is 9.88. The van der Waals surface area contributed by atoms with Gasteiger partial charge in [-0.1, -0.05) is 72.8 Å². The molecule has 1 unspecified atom stereocenters. The van der Waals surface area contributed by atoms with Crippen molar-refractivity contribution in [2.45, 2.75) is 50.4 Å². The zero-order chi connectivity index (χ0) is 21.0. The second-order valence-corrected chi connectivity index (χ2v) is 9.30. The molecule has 2 aliphatic rings. The zero-order valence-electron chi connectivity index (χ0n) is 18.3. The van der Waals surface area contributed by atoms with E-state index in [1.54, 1.807) is 0 Å². The standard InChI is InChI=1S/C29H33NO/c31-29-25(17-20-30-18-15-24(16-19-30)22-7-3-1-4-8-22)11-12-27-21-26(13-14-28(27)29)23-9-5-2-6-10-23/h1,3-5,7-9,11-14,21,23-24,31H,2,6,10,15-20H2. The Kier molecular flexibility index (Phi) is 6.08. The van der Waals surface area contributed by atoms with Gasteiger partial charge in [0.1, 0.15) is 5.75 Å². The lowest BCUT2D eigenvalue weighted by Gasteiger charge is -2.32. The van der Waals surface area contributed by atoms with Crippen molar-refractivity contribution in [3.63, 3.8) is 0 Å². The molecule has 0 bridgehead atoms. The SMILES string of the molecule is Oc1c(CCN2CCC(c3ccccc3)CC2)ccc2cc(C3C=CCCC3)ccc12. The second kappa shape index (κ2) is 9.28. The third-order valence-electron chi connectivity index (χ3n) is 7.34. The Morgan fingerprint density at radius 1 is 0.871 bits per heavy atom. The molecule has 1 aliphatic carbocycles. The predicted octanol–water partition coefficient (Wildman–Crippen LogP) is 6.79. The Bertz CT molecular complexity index is 1050. The number of hydrogen-bond acceptors (Lipinski definition) is 2. The Morgan fingerprint density at radius 3 is 2.48 bits per heavy atom. The van der Waals surface area contributed by atoms with Crippen molar-refractivity contribution in [1.82, 2.24) is 4.90 Å². The largest absolute Gasteiger partial charge is 0.507 e. The number of phenols is 1. The third kappa shape index (κ3) is 4.55. The summed E-state index contributed by atoms with van der Waals surface area (Å²) in [6, 6.07) is 21.9. The first kappa shape index (κ1) is 20.3. The van der Waals surface area contributed by atoms with Crippen LogP contribution in [0.5, 0.6) is 5.75 Å². The molecule has 0 saturated carbocycles. The van der Waals surface area contributed by atoms with E-state index in [-0.39, 0.29) is 0 Å². The lowest BCUT2D eigenvalue weighted by molar-refractivity contribution is 0.214. The van der Waals surface area contributed by atoms with E-state index >= 15 is 0 Å². The Morgan fingerprint density at radius 2 is 1.71 bits per heavy atom. The van der Waals surface area contributed by atoms with Crippen LogP contribution in [0.25, 0.3) is 10.8 Å². The Labute approximate surface area is 186 Å². The van der Waals surface area contributed by atoms with E-state index in [4.69, 9.17) is 0 Å². The van der Waals surface area contributed by atoms with Crippen molar-refractivity contribution >= 4 is 10.8 Å². The van der Waals surface area contributed by atoms with E-state index < -0.39 is 0 Å². The summed E-state index contributed by atoms with van der Waals surface area (Å²) in [5.41, 5.74) is 3.93. The number of phenolic OH excluding ortho intramolecular Hbond substituents is 1. The fraction of sp³-hybridized carbons (Fsp3) is 0.379. The van der Waals surface area contributed by atoms with Crippen LogP contribution < -0.4 is 0 Å². The Hall–Kier alpha value is -2.58. The summed E-state index contributed by atoms with van der Waals surface area (Å²) in [6.45, 7) is 3.31. The molecule has 5 rings (SSSR count). The van der Waals surface area contributed by atoms with Gasteiger partial charge < -0.3 is 10.0 Å². The zero-order valence-corrected chi connectivity index (χ0v) is 18.3. The molecule has 2 nitrogen and oxygen atoms in total. The van der Waals surface area contributed by atoms with Crippen molar-refractivity contribution in [2.75, 3.05) is 19.6 Å². The molecule has 0 radical (unpaired) electrons. The van der Waals surface area contributed by atoms with Crippen molar-refractivity contribution in [3.8, 4) is 5.75 Å². The van der Waals surface area contributed by atoms with E-state index in [1.807, 2.05) is 0 Å². The maximum Gasteiger partial charge on any atom is 0.126 e. The van der Waals surface area contributed by atoms with Crippen LogP contribution >= 0.6 is 0 Å². The topological polar surface area (TPSA) is 23.5 Å². The summed E-state index contributed by atoms with van der Waals surface area (Å²) in [5, 5.41) is 13.1. The molecule has 1 atom stereocenters. The van der Waals surface area contributed by atoms with E-state index in [1.165, 1.54) is 43.2 Å². The molecule has 1 aliphatic heterocycles. The van der Waals surface area contributed by atoms with Gasteiger partial charge in [0.2, 0.25) is 0 Å². The first-order chi connectivity index (χ1) is 15.3. The van der Waals surface area contributed by atoms with Gasteiger partial charge in [-0.2, -0.15) is 0 Å². The molecule has 31 heavy (non-hydrogen) atoms. The van der Waals surface area contributed by atoms with Crippen molar-refractivity contribution < 1.29 is 5.11 Å². The van der Waals surface area contributed by atoms with Crippen LogP contribution in [-0.4, -0.2) is 29.6 Å². The molecule has 1 fully saturated rings. The van der Waals surface area contributed by atoms with Crippen LogP contribution in [0.4, 0.5) is 0 Å². The summed E-state index contributed by atoms with van der Waals surface area (Å²) in [6.07, 6.45) is 11.7.